The van der Waals surface area contributed by atoms with Crippen LogP contribution in [0.25, 0.3) is 11.1 Å². The summed E-state index contributed by atoms with van der Waals surface area (Å²) < 4.78 is 17.3. The Hall–Kier alpha value is -2.41. The number of pyridine rings is 1. The monoisotopic (exact) mass is 443 g/mol. The lowest BCUT2D eigenvalue weighted by Crippen LogP contribution is -2.23. The predicted octanol–water partition coefficient (Wildman–Crippen LogP) is 5.76. The van der Waals surface area contributed by atoms with Crippen molar-refractivity contribution in [3.8, 4) is 11.1 Å². The molecular formula is C23H23ClFN3OS. The normalized spacial score (nSPS) is 11.4. The summed E-state index contributed by atoms with van der Waals surface area (Å²) in [6.07, 6.45) is 3.17. The summed E-state index contributed by atoms with van der Waals surface area (Å²) in [6, 6.07) is 14.6. The second-order valence-electron chi connectivity index (χ2n) is 7.26. The average Bonchev–Trinajstić information content (AvgIpc) is 2.73. The fourth-order valence-electron chi connectivity index (χ4n) is 2.92. The van der Waals surface area contributed by atoms with Crippen LogP contribution < -0.4 is 10.0 Å². The van der Waals surface area contributed by atoms with Crippen LogP contribution >= 0.6 is 23.5 Å². The van der Waals surface area contributed by atoms with Crippen molar-refractivity contribution < 1.29 is 9.18 Å². The van der Waals surface area contributed by atoms with Crippen molar-refractivity contribution in [1.82, 2.24) is 15.0 Å². The van der Waals surface area contributed by atoms with Crippen LogP contribution in [0.1, 0.15) is 35.3 Å². The van der Waals surface area contributed by atoms with E-state index in [1.165, 1.54) is 32.0 Å². The molecule has 156 valence electrons. The van der Waals surface area contributed by atoms with Crippen LogP contribution in [-0.2, 0) is 12.2 Å². The number of carbonyl (C=O) groups is 1. The Bertz CT molecular complexity index is 1050. The van der Waals surface area contributed by atoms with E-state index in [-0.39, 0.29) is 5.91 Å². The van der Waals surface area contributed by atoms with Gasteiger partial charge in [-0.15, -0.1) is 0 Å². The van der Waals surface area contributed by atoms with E-state index in [1.807, 2.05) is 31.3 Å². The average molecular weight is 444 g/mol. The highest BCUT2D eigenvalue weighted by molar-refractivity contribution is 7.97. The Kier molecular flexibility index (Phi) is 7.13. The van der Waals surface area contributed by atoms with Crippen LogP contribution in [0.4, 0.5) is 4.39 Å². The molecule has 1 amide bonds. The Balaban J connectivity index is 1.74. The first-order valence-corrected chi connectivity index (χ1v) is 10.6. The van der Waals surface area contributed by atoms with Gasteiger partial charge in [-0.05, 0) is 73.8 Å². The lowest BCUT2D eigenvalue weighted by atomic mass is 9.95. The number of nitrogens with zero attached hydrogens (tertiary/aromatic N) is 1. The largest absolute Gasteiger partial charge is 0.348 e. The van der Waals surface area contributed by atoms with Gasteiger partial charge in [0.1, 0.15) is 5.67 Å². The van der Waals surface area contributed by atoms with Crippen molar-refractivity contribution in [2.45, 2.75) is 31.0 Å². The number of carbonyl (C=O) groups excluding carboxylic acids is 1. The zero-order valence-electron chi connectivity index (χ0n) is 17.0. The highest BCUT2D eigenvalue weighted by Crippen LogP contribution is 2.29. The van der Waals surface area contributed by atoms with Gasteiger partial charge in [0.2, 0.25) is 0 Å². The highest BCUT2D eigenvalue weighted by Gasteiger charge is 2.19. The number of amides is 1. The van der Waals surface area contributed by atoms with Crippen LogP contribution in [0.5, 0.6) is 0 Å². The lowest BCUT2D eigenvalue weighted by Gasteiger charge is -2.16. The molecular weight excluding hydrogens is 421 g/mol. The number of aromatic nitrogens is 1. The lowest BCUT2D eigenvalue weighted by molar-refractivity contribution is 0.0950. The van der Waals surface area contributed by atoms with Gasteiger partial charge in [0.25, 0.3) is 5.91 Å². The number of halogens is 2. The highest BCUT2D eigenvalue weighted by atomic mass is 35.5. The molecule has 3 aromatic rings. The number of rotatable bonds is 7. The molecule has 2 N–H and O–H groups in total. The minimum Gasteiger partial charge on any atom is -0.348 e. The Labute approximate surface area is 185 Å². The molecule has 1 aromatic heterocycles. The van der Waals surface area contributed by atoms with Crippen LogP contribution in [0.3, 0.4) is 0 Å². The molecule has 30 heavy (non-hydrogen) atoms. The molecule has 0 saturated carbocycles. The molecule has 0 saturated heterocycles. The van der Waals surface area contributed by atoms with Crippen molar-refractivity contribution in [2.24, 2.45) is 0 Å². The second-order valence-corrected chi connectivity index (χ2v) is 8.75. The van der Waals surface area contributed by atoms with E-state index in [2.05, 4.69) is 15.0 Å². The van der Waals surface area contributed by atoms with E-state index in [1.54, 1.807) is 30.5 Å². The molecule has 4 nitrogen and oxygen atoms in total. The summed E-state index contributed by atoms with van der Waals surface area (Å²) in [5.41, 5.74) is 1.94. The predicted molar refractivity (Wildman–Crippen MR) is 121 cm³/mol. The van der Waals surface area contributed by atoms with Gasteiger partial charge in [0, 0.05) is 34.4 Å². The number of hydrogen-bond acceptors (Lipinski definition) is 4. The number of hydrogen-bond donors (Lipinski definition) is 2. The fourth-order valence-corrected chi connectivity index (χ4v) is 3.78. The molecule has 7 heteroatoms. The number of nitrogens with one attached hydrogen (secondary N) is 2. The van der Waals surface area contributed by atoms with Gasteiger partial charge in [-0.3, -0.25) is 14.5 Å². The molecule has 0 aliphatic carbocycles. The van der Waals surface area contributed by atoms with Crippen LogP contribution in [-0.4, -0.2) is 17.9 Å². The molecule has 3 rings (SSSR count). The van der Waals surface area contributed by atoms with E-state index < -0.39 is 5.67 Å². The third kappa shape index (κ3) is 5.59. The maximum atomic E-state index is 14.3. The van der Waals surface area contributed by atoms with Gasteiger partial charge in [-0.2, -0.15) is 0 Å². The summed E-state index contributed by atoms with van der Waals surface area (Å²) in [6.45, 7) is 3.34. The maximum absolute atomic E-state index is 14.3. The fraction of sp³-hybridized carbons (Fsp3) is 0.217. The SMILES string of the molecule is CNSc1ccc(CNC(=O)c2cncc(-c3cccc(C(C)(C)F)c3)c2)c(Cl)c1. The van der Waals surface area contributed by atoms with E-state index in [0.29, 0.717) is 22.7 Å². The first-order chi connectivity index (χ1) is 14.3. The second kappa shape index (κ2) is 9.60. The molecule has 1 heterocycles. The van der Waals surface area contributed by atoms with Gasteiger partial charge in [-0.1, -0.05) is 35.9 Å². The van der Waals surface area contributed by atoms with Crippen molar-refractivity contribution >= 4 is 29.5 Å². The van der Waals surface area contributed by atoms with Gasteiger partial charge < -0.3 is 5.32 Å². The third-order valence-electron chi connectivity index (χ3n) is 4.57. The van der Waals surface area contributed by atoms with E-state index in [4.69, 9.17) is 11.6 Å². The molecule has 0 fully saturated rings. The first kappa shape index (κ1) is 22.3. The molecule has 0 bridgehead atoms. The molecule has 0 aliphatic heterocycles. The molecule has 0 unspecified atom stereocenters. The molecule has 0 aliphatic rings. The minimum absolute atomic E-state index is 0.254. The topological polar surface area (TPSA) is 54.0 Å². The zero-order valence-corrected chi connectivity index (χ0v) is 18.6. The van der Waals surface area contributed by atoms with Crippen LogP contribution in [0.15, 0.2) is 65.8 Å². The molecule has 0 atom stereocenters. The molecule has 0 spiro atoms. The smallest absolute Gasteiger partial charge is 0.253 e. The molecule has 2 aromatic carbocycles. The Morgan fingerprint density at radius 2 is 1.93 bits per heavy atom. The van der Waals surface area contributed by atoms with Crippen LogP contribution in [0.2, 0.25) is 5.02 Å². The summed E-state index contributed by atoms with van der Waals surface area (Å²) in [7, 11) is 1.84. The summed E-state index contributed by atoms with van der Waals surface area (Å²) in [5.74, 6) is -0.254. The zero-order chi connectivity index (χ0) is 21.7. The van der Waals surface area contributed by atoms with E-state index >= 15 is 0 Å². The van der Waals surface area contributed by atoms with Gasteiger partial charge in [0.15, 0.2) is 0 Å². The van der Waals surface area contributed by atoms with Crippen molar-refractivity contribution in [3.63, 3.8) is 0 Å². The number of benzene rings is 2. The standard InChI is InChI=1S/C23H23ClFN3OS/c1-23(2,25)19-6-4-5-15(10-19)17-9-18(13-27-12-17)22(29)28-14-16-7-8-20(30-26-3)11-21(16)24/h4-13,26H,14H2,1-3H3,(H,28,29). The van der Waals surface area contributed by atoms with Crippen molar-refractivity contribution in [1.29, 1.82) is 0 Å². The summed E-state index contributed by atoms with van der Waals surface area (Å²) >= 11 is 7.78. The van der Waals surface area contributed by atoms with E-state index in [9.17, 15) is 9.18 Å². The van der Waals surface area contributed by atoms with Gasteiger partial charge in [0.05, 0.1) is 5.56 Å². The van der Waals surface area contributed by atoms with Gasteiger partial charge >= 0.3 is 0 Å². The third-order valence-corrected chi connectivity index (χ3v) is 5.61. The van der Waals surface area contributed by atoms with Crippen molar-refractivity contribution in [2.75, 3.05) is 7.05 Å². The summed E-state index contributed by atoms with van der Waals surface area (Å²) in [5, 5.41) is 3.47. The Morgan fingerprint density at radius 1 is 1.13 bits per heavy atom. The quantitative estimate of drug-likeness (QED) is 0.455. The minimum atomic E-state index is -1.45. The van der Waals surface area contributed by atoms with Crippen molar-refractivity contribution in [3.05, 3.63) is 82.6 Å². The number of alkyl halides is 1. The molecule has 0 radical (unpaired) electrons. The summed E-state index contributed by atoms with van der Waals surface area (Å²) in [4.78, 5) is 17.8. The Morgan fingerprint density at radius 3 is 2.63 bits per heavy atom. The van der Waals surface area contributed by atoms with E-state index in [0.717, 1.165) is 21.6 Å². The van der Waals surface area contributed by atoms with Gasteiger partial charge in [-0.25, -0.2) is 4.39 Å². The first-order valence-electron chi connectivity index (χ1n) is 9.43. The van der Waals surface area contributed by atoms with Crippen LogP contribution in [0, 0.1) is 0 Å². The maximum Gasteiger partial charge on any atom is 0.253 e.